The van der Waals surface area contributed by atoms with Crippen molar-refractivity contribution in [1.82, 2.24) is 0 Å². The molecule has 0 N–H and O–H groups in total. The summed E-state index contributed by atoms with van der Waals surface area (Å²) in [7, 11) is 0. The second-order valence-electron chi connectivity index (χ2n) is 10.9. The number of hydrogen-bond acceptors (Lipinski definition) is 2. The van der Waals surface area contributed by atoms with Crippen LogP contribution in [0.3, 0.4) is 0 Å². The molecule has 0 nitrogen and oxygen atoms in total. The van der Waals surface area contributed by atoms with Gasteiger partial charge in [-0.25, -0.2) is 0 Å². The normalized spacial score (nSPS) is 12.2. The van der Waals surface area contributed by atoms with Crippen molar-refractivity contribution < 1.29 is 0 Å². The van der Waals surface area contributed by atoms with Gasteiger partial charge in [-0.2, -0.15) is 0 Å². The van der Waals surface area contributed by atoms with Gasteiger partial charge in [0.25, 0.3) is 0 Å². The monoisotopic (exact) mass is 544 g/mol. The third-order valence-corrected chi connectivity index (χ3v) is 11.2. The van der Waals surface area contributed by atoms with Crippen molar-refractivity contribution in [1.29, 1.82) is 0 Å². The topological polar surface area (TPSA) is 0 Å². The highest BCUT2D eigenvalue weighted by Gasteiger charge is 2.29. The van der Waals surface area contributed by atoms with Gasteiger partial charge in [0.05, 0.1) is 0 Å². The predicted molar refractivity (Wildman–Crippen MR) is 177 cm³/mol. The summed E-state index contributed by atoms with van der Waals surface area (Å²) in [4.78, 5) is 2.67. The summed E-state index contributed by atoms with van der Waals surface area (Å²) in [5.41, 5.74) is 11.0. The van der Waals surface area contributed by atoms with E-state index < -0.39 is 0 Å². The molecule has 0 unspecified atom stereocenters. The maximum Gasteiger partial charge on any atom is 0.0437 e. The molecule has 2 aromatic heterocycles. The molecule has 1 aliphatic carbocycles. The average Bonchev–Trinajstić information content (AvgIpc) is 3.72. The minimum Gasteiger partial charge on any atom is -0.135 e. The number of rotatable bonds is 2. The molecule has 0 spiro atoms. The molecule has 2 heteroatoms. The summed E-state index contributed by atoms with van der Waals surface area (Å²) in [6, 6.07) is 40.2. The predicted octanol–water partition coefficient (Wildman–Crippen LogP) is 12.0. The van der Waals surface area contributed by atoms with E-state index in [2.05, 4.69) is 123 Å². The highest BCUT2D eigenvalue weighted by molar-refractivity contribution is 7.25. The lowest BCUT2D eigenvalue weighted by Gasteiger charge is -2.17. The second kappa shape index (κ2) is 8.14. The van der Waals surface area contributed by atoms with E-state index in [0.717, 1.165) is 0 Å². The van der Waals surface area contributed by atoms with E-state index in [1.54, 1.807) is 0 Å². The van der Waals surface area contributed by atoms with Crippen LogP contribution in [0.25, 0.3) is 84.9 Å². The van der Waals surface area contributed by atoms with Crippen LogP contribution < -0.4 is 0 Å². The quantitative estimate of drug-likeness (QED) is 0.203. The molecule has 0 amide bonds. The molecule has 188 valence electrons. The van der Waals surface area contributed by atoms with Gasteiger partial charge >= 0.3 is 0 Å². The molecule has 0 radical (unpaired) electrons. The van der Waals surface area contributed by atoms with Crippen molar-refractivity contribution in [2.24, 2.45) is 0 Å². The standard InChI is InChI=1S/C38H24S2/c1-21-32-26-17-9-15-25-16-10-18-27(36(25)26)33(32)22(2)35-34(21)37-28(19-30(39-37)23-11-5-3-6-12-23)29-20-31(40-38(29)35)24-13-7-4-8-14-24/h3-20H,1-2H3. The molecule has 6 aromatic carbocycles. The smallest absolute Gasteiger partial charge is 0.0437 e. The first-order valence-corrected chi connectivity index (χ1v) is 15.4. The minimum atomic E-state index is 1.29. The van der Waals surface area contributed by atoms with Crippen LogP contribution >= 0.6 is 22.7 Å². The van der Waals surface area contributed by atoms with Crippen LogP contribution in [0.1, 0.15) is 11.1 Å². The van der Waals surface area contributed by atoms with Crippen LogP contribution in [0.4, 0.5) is 0 Å². The van der Waals surface area contributed by atoms with E-state index in [4.69, 9.17) is 0 Å². The Balaban J connectivity index is 1.50. The first-order chi connectivity index (χ1) is 19.7. The molecule has 0 fully saturated rings. The Hall–Kier alpha value is -4.24. The van der Waals surface area contributed by atoms with Crippen LogP contribution in [-0.2, 0) is 0 Å². The zero-order chi connectivity index (χ0) is 26.5. The number of fused-ring (bicyclic) bond motifs is 9. The summed E-state index contributed by atoms with van der Waals surface area (Å²) in [5.74, 6) is 0. The molecule has 8 aromatic rings. The largest absolute Gasteiger partial charge is 0.135 e. The van der Waals surface area contributed by atoms with Crippen molar-refractivity contribution in [3.05, 3.63) is 120 Å². The van der Waals surface area contributed by atoms with Gasteiger partial charge in [-0.15, -0.1) is 22.7 Å². The highest BCUT2D eigenvalue weighted by atomic mass is 32.1. The summed E-state index contributed by atoms with van der Waals surface area (Å²) >= 11 is 3.90. The molecular weight excluding hydrogens is 521 g/mol. The van der Waals surface area contributed by atoms with Crippen LogP contribution in [0.5, 0.6) is 0 Å². The zero-order valence-corrected chi connectivity index (χ0v) is 23.8. The van der Waals surface area contributed by atoms with E-state index >= 15 is 0 Å². The summed E-state index contributed by atoms with van der Waals surface area (Å²) in [5, 5.41) is 8.34. The third kappa shape index (κ3) is 2.90. The molecule has 0 aliphatic heterocycles. The molecule has 0 saturated heterocycles. The summed E-state index contributed by atoms with van der Waals surface area (Å²) in [6.07, 6.45) is 0. The Morgan fingerprint density at radius 1 is 0.450 bits per heavy atom. The Kier molecular flexibility index (Phi) is 4.59. The SMILES string of the molecule is Cc1c2c(c(C)c3c4sc(-c5ccccc5)cc4c4cc(-c5ccccc5)sc4c13)-c1cccc3cccc-2c13. The maximum atomic E-state index is 2.44. The van der Waals surface area contributed by atoms with Gasteiger partial charge in [0, 0.05) is 40.7 Å². The molecule has 9 rings (SSSR count). The Morgan fingerprint density at radius 3 is 1.35 bits per heavy atom. The first-order valence-electron chi connectivity index (χ1n) is 13.8. The summed E-state index contributed by atoms with van der Waals surface area (Å²) < 4.78 is 2.82. The molecule has 40 heavy (non-hydrogen) atoms. The van der Waals surface area contributed by atoms with Gasteiger partial charge in [-0.3, -0.25) is 0 Å². The van der Waals surface area contributed by atoms with E-state index in [-0.39, 0.29) is 0 Å². The number of benzene rings is 6. The Labute approximate surface area is 240 Å². The maximum absolute atomic E-state index is 2.44. The van der Waals surface area contributed by atoms with Gasteiger partial charge in [-0.05, 0) is 81.3 Å². The number of hydrogen-bond donors (Lipinski definition) is 0. The number of aryl methyl sites for hydroxylation is 2. The van der Waals surface area contributed by atoms with E-state index in [1.807, 2.05) is 22.7 Å². The molecule has 0 saturated carbocycles. The van der Waals surface area contributed by atoms with E-state index in [1.165, 1.54) is 96.0 Å². The van der Waals surface area contributed by atoms with Crippen LogP contribution in [0, 0.1) is 13.8 Å². The van der Waals surface area contributed by atoms with Crippen molar-refractivity contribution >= 4 is 64.4 Å². The fourth-order valence-electron chi connectivity index (χ4n) is 7.04. The molecule has 0 atom stereocenters. The zero-order valence-electron chi connectivity index (χ0n) is 22.2. The fraction of sp³-hybridized carbons (Fsp3) is 0.0526. The van der Waals surface area contributed by atoms with E-state index in [0.29, 0.717) is 0 Å². The van der Waals surface area contributed by atoms with Gasteiger partial charge in [-0.1, -0.05) is 97.1 Å². The molecule has 1 aliphatic rings. The summed E-state index contributed by atoms with van der Waals surface area (Å²) in [6.45, 7) is 4.73. The van der Waals surface area contributed by atoms with Crippen LogP contribution in [0.2, 0.25) is 0 Å². The molecule has 2 heterocycles. The lowest BCUT2D eigenvalue weighted by molar-refractivity contribution is 1.49. The fourth-order valence-corrected chi connectivity index (χ4v) is 9.61. The van der Waals surface area contributed by atoms with Gasteiger partial charge in [0.1, 0.15) is 0 Å². The minimum absolute atomic E-state index is 1.29. The second-order valence-corrected chi connectivity index (χ2v) is 13.0. The van der Waals surface area contributed by atoms with Gasteiger partial charge < -0.3 is 0 Å². The Bertz CT molecular complexity index is 2150. The number of thiophene rings is 2. The molecule has 0 bridgehead atoms. The average molecular weight is 545 g/mol. The van der Waals surface area contributed by atoms with Crippen molar-refractivity contribution in [2.75, 3.05) is 0 Å². The van der Waals surface area contributed by atoms with E-state index in [9.17, 15) is 0 Å². The van der Waals surface area contributed by atoms with Crippen LogP contribution in [-0.4, -0.2) is 0 Å². The molecular formula is C38H24S2. The van der Waals surface area contributed by atoms with Gasteiger partial charge in [0.15, 0.2) is 0 Å². The lowest BCUT2D eigenvalue weighted by atomic mass is 9.87. The van der Waals surface area contributed by atoms with Crippen molar-refractivity contribution in [2.45, 2.75) is 13.8 Å². The van der Waals surface area contributed by atoms with Gasteiger partial charge in [0.2, 0.25) is 0 Å². The lowest BCUT2D eigenvalue weighted by Crippen LogP contribution is -1.92. The Morgan fingerprint density at radius 2 is 0.900 bits per heavy atom. The van der Waals surface area contributed by atoms with Crippen LogP contribution in [0.15, 0.2) is 109 Å². The third-order valence-electron chi connectivity index (χ3n) is 8.77. The van der Waals surface area contributed by atoms with Crippen molar-refractivity contribution in [3.63, 3.8) is 0 Å². The highest BCUT2D eigenvalue weighted by Crippen LogP contribution is 2.56. The first kappa shape index (κ1) is 22.6. The van der Waals surface area contributed by atoms with Crippen molar-refractivity contribution in [3.8, 4) is 43.1 Å².